The molecule has 1 atom stereocenters. The second-order valence-electron chi connectivity index (χ2n) is 7.45. The van der Waals surface area contributed by atoms with Crippen LogP contribution < -0.4 is 0 Å². The summed E-state index contributed by atoms with van der Waals surface area (Å²) in [7, 11) is 4.93. The third-order valence-corrected chi connectivity index (χ3v) is 9.42. The van der Waals surface area contributed by atoms with Gasteiger partial charge in [-0.3, -0.25) is 0 Å². The maximum atomic E-state index is 5.83. The summed E-state index contributed by atoms with van der Waals surface area (Å²) in [6.45, 7) is 17.6. The summed E-state index contributed by atoms with van der Waals surface area (Å²) in [5.74, 6) is 0. The molecule has 5 heteroatoms. The van der Waals surface area contributed by atoms with Gasteiger partial charge >= 0.3 is 0 Å². The second-order valence-corrected chi connectivity index (χ2v) is 12.0. The maximum Gasteiger partial charge on any atom is 0.189 e. The molecule has 0 spiro atoms. The van der Waals surface area contributed by atoms with E-state index in [1.54, 1.807) is 0 Å². The zero-order valence-corrected chi connectivity index (χ0v) is 18.7. The van der Waals surface area contributed by atoms with Gasteiger partial charge in [0.25, 0.3) is 0 Å². The fourth-order valence-electron chi connectivity index (χ4n) is 2.88. The first-order valence-corrected chi connectivity index (χ1v) is 12.9. The van der Waals surface area contributed by atoms with Crippen LogP contribution in [0.3, 0.4) is 0 Å². The van der Waals surface area contributed by atoms with Crippen LogP contribution in [0.2, 0.25) is 18.6 Å². The van der Waals surface area contributed by atoms with Gasteiger partial charge in [0.15, 0.2) is 8.32 Å². The highest BCUT2D eigenvalue weighted by atomic mass is 28.4. The Bertz CT molecular complexity index is 272. The third kappa shape index (κ3) is 11.6. The van der Waals surface area contributed by atoms with E-state index in [2.05, 4.69) is 56.1 Å². The minimum Gasteiger partial charge on any atom is -0.420 e. The Morgan fingerprint density at radius 3 is 1.58 bits per heavy atom. The molecule has 0 fully saturated rings. The molecule has 0 radical (unpaired) electrons. The summed E-state index contributed by atoms with van der Waals surface area (Å²) >= 11 is 0. The van der Waals surface area contributed by atoms with Gasteiger partial charge in [0.2, 0.25) is 0 Å². The van der Waals surface area contributed by atoms with E-state index in [0.717, 1.165) is 13.1 Å². The van der Waals surface area contributed by atoms with Gasteiger partial charge in [0.1, 0.15) is 0 Å². The molecule has 0 N–H and O–H groups in total. The van der Waals surface area contributed by atoms with E-state index in [0.29, 0.717) is 0 Å². The Morgan fingerprint density at radius 1 is 0.750 bits per heavy atom. The average molecular weight is 360 g/mol. The zero-order valence-electron chi connectivity index (χ0n) is 17.7. The first kappa shape index (κ1) is 24.1. The lowest BCUT2D eigenvalue weighted by Gasteiger charge is -2.28. The van der Waals surface area contributed by atoms with Crippen molar-refractivity contribution in [2.75, 3.05) is 67.0 Å². The summed E-state index contributed by atoms with van der Waals surface area (Å²) in [6, 6.07) is 2.52. The van der Waals surface area contributed by atoms with E-state index >= 15 is 0 Å². The van der Waals surface area contributed by atoms with Crippen molar-refractivity contribution in [2.45, 2.75) is 58.7 Å². The van der Waals surface area contributed by atoms with Crippen LogP contribution in [0.25, 0.3) is 0 Å². The Morgan fingerprint density at radius 2 is 1.21 bits per heavy atom. The molecule has 0 bridgehead atoms. The molecular weight excluding hydrogens is 314 g/mol. The highest BCUT2D eigenvalue weighted by Gasteiger charge is 2.24. The molecule has 146 valence electrons. The van der Waals surface area contributed by atoms with E-state index in [-0.39, 0.29) is 0 Å². The van der Waals surface area contributed by atoms with Crippen LogP contribution in [0.1, 0.15) is 40.0 Å². The predicted octanol–water partition coefficient (Wildman–Crippen LogP) is 3.60. The molecule has 1 unspecified atom stereocenters. The van der Waals surface area contributed by atoms with E-state index in [4.69, 9.17) is 4.43 Å². The molecule has 0 aromatic rings. The van der Waals surface area contributed by atoms with Gasteiger partial charge in [-0.05, 0) is 97.8 Å². The predicted molar refractivity (Wildman–Crippen MR) is 111 cm³/mol. The molecule has 0 heterocycles. The Labute approximate surface area is 153 Å². The molecular formula is C19H45N3OSi. The molecule has 24 heavy (non-hydrogen) atoms. The summed E-state index contributed by atoms with van der Waals surface area (Å²) < 4.78 is 5.83. The molecule has 0 amide bonds. The fourth-order valence-corrected chi connectivity index (χ4v) is 4.63. The topological polar surface area (TPSA) is 19.0 Å². The SMILES string of the molecule is CCN(C)CCCN(CCCN(C)CC)CCC[Si](C)(CC)OC. The summed E-state index contributed by atoms with van der Waals surface area (Å²) in [5, 5.41) is 0. The highest BCUT2D eigenvalue weighted by Crippen LogP contribution is 2.18. The van der Waals surface area contributed by atoms with Gasteiger partial charge in [-0.15, -0.1) is 0 Å². The van der Waals surface area contributed by atoms with Crippen LogP contribution in [0.15, 0.2) is 0 Å². The number of nitrogens with zero attached hydrogens (tertiary/aromatic N) is 3. The number of hydrogen-bond acceptors (Lipinski definition) is 4. The molecule has 0 rings (SSSR count). The van der Waals surface area contributed by atoms with Gasteiger partial charge in [-0.1, -0.05) is 20.8 Å². The highest BCUT2D eigenvalue weighted by molar-refractivity contribution is 6.72. The molecule has 0 aliphatic rings. The molecule has 0 aliphatic carbocycles. The van der Waals surface area contributed by atoms with Crippen molar-refractivity contribution in [3.05, 3.63) is 0 Å². The monoisotopic (exact) mass is 359 g/mol. The van der Waals surface area contributed by atoms with E-state index in [1.165, 1.54) is 64.1 Å². The van der Waals surface area contributed by atoms with E-state index < -0.39 is 8.32 Å². The summed E-state index contributed by atoms with van der Waals surface area (Å²) in [5.41, 5.74) is 0. The minimum absolute atomic E-state index is 1.15. The quantitative estimate of drug-likeness (QED) is 0.392. The smallest absolute Gasteiger partial charge is 0.189 e. The lowest BCUT2D eigenvalue weighted by molar-refractivity contribution is 0.230. The lowest BCUT2D eigenvalue weighted by atomic mass is 10.3. The summed E-state index contributed by atoms with van der Waals surface area (Å²) in [6.07, 6.45) is 3.85. The van der Waals surface area contributed by atoms with Crippen LogP contribution >= 0.6 is 0 Å². The first-order valence-electron chi connectivity index (χ1n) is 10.0. The van der Waals surface area contributed by atoms with E-state index in [9.17, 15) is 0 Å². The van der Waals surface area contributed by atoms with Crippen molar-refractivity contribution in [1.82, 2.24) is 14.7 Å². The molecule has 0 aromatic heterocycles. The third-order valence-electron chi connectivity index (χ3n) is 5.53. The molecule has 0 saturated heterocycles. The molecule has 0 aromatic carbocycles. The van der Waals surface area contributed by atoms with Crippen LogP contribution in [0.4, 0.5) is 0 Å². The van der Waals surface area contributed by atoms with Gasteiger partial charge in [-0.2, -0.15) is 0 Å². The Hall–Kier alpha value is 0.0569. The lowest BCUT2D eigenvalue weighted by Crippen LogP contribution is -2.35. The van der Waals surface area contributed by atoms with Crippen molar-refractivity contribution in [1.29, 1.82) is 0 Å². The van der Waals surface area contributed by atoms with Gasteiger partial charge in [0.05, 0.1) is 0 Å². The zero-order chi connectivity index (χ0) is 18.4. The van der Waals surface area contributed by atoms with Crippen LogP contribution in [0.5, 0.6) is 0 Å². The molecule has 0 aliphatic heterocycles. The fraction of sp³-hybridized carbons (Fsp3) is 1.00. The van der Waals surface area contributed by atoms with Crippen molar-refractivity contribution in [3.63, 3.8) is 0 Å². The van der Waals surface area contributed by atoms with Crippen LogP contribution in [-0.4, -0.2) is 90.0 Å². The minimum atomic E-state index is -1.42. The summed E-state index contributed by atoms with van der Waals surface area (Å²) in [4.78, 5) is 7.51. The van der Waals surface area contributed by atoms with Gasteiger partial charge in [0, 0.05) is 7.11 Å². The molecule has 4 nitrogen and oxygen atoms in total. The van der Waals surface area contributed by atoms with Crippen molar-refractivity contribution >= 4 is 8.32 Å². The standard InChI is InChI=1S/C19H45N3OSi/c1-8-20(4)14-11-16-22(17-12-15-21(5)9-2)18-13-19-24(7,10-3)23-6/h8-19H2,1-7H3. The van der Waals surface area contributed by atoms with Gasteiger partial charge in [-0.25, -0.2) is 0 Å². The maximum absolute atomic E-state index is 5.83. The van der Waals surface area contributed by atoms with Crippen molar-refractivity contribution in [2.24, 2.45) is 0 Å². The number of hydrogen-bond donors (Lipinski definition) is 0. The largest absolute Gasteiger partial charge is 0.420 e. The van der Waals surface area contributed by atoms with Crippen LogP contribution in [-0.2, 0) is 4.43 Å². The first-order chi connectivity index (χ1) is 11.4. The van der Waals surface area contributed by atoms with Crippen molar-refractivity contribution < 1.29 is 4.43 Å². The number of rotatable bonds is 16. The van der Waals surface area contributed by atoms with Crippen LogP contribution in [0, 0.1) is 0 Å². The molecule has 0 saturated carbocycles. The van der Waals surface area contributed by atoms with Crippen molar-refractivity contribution in [3.8, 4) is 0 Å². The average Bonchev–Trinajstić information content (AvgIpc) is 2.60. The Kier molecular flexibility index (Phi) is 14.3. The normalized spacial score (nSPS) is 14.8. The van der Waals surface area contributed by atoms with E-state index in [1.807, 2.05) is 7.11 Å². The Balaban J connectivity index is 4.24. The van der Waals surface area contributed by atoms with Gasteiger partial charge < -0.3 is 19.1 Å². The second kappa shape index (κ2) is 14.2.